The maximum atomic E-state index is 5.26. The van der Waals surface area contributed by atoms with Gasteiger partial charge < -0.3 is 4.57 Å². The van der Waals surface area contributed by atoms with E-state index in [9.17, 15) is 0 Å². The molecule has 0 N–H and O–H groups in total. The number of fused-ring (bicyclic) bond motifs is 11. The minimum absolute atomic E-state index is 0.580. The van der Waals surface area contributed by atoms with Crippen LogP contribution in [0.5, 0.6) is 0 Å². The average Bonchev–Trinajstić information content (AvgIpc) is 3.75. The Hall–Kier alpha value is -7.11. The molecule has 0 aliphatic carbocycles. The molecular weight excluding hydrogens is 635 g/mol. The van der Waals surface area contributed by atoms with E-state index in [2.05, 4.69) is 149 Å². The fourth-order valence-corrected chi connectivity index (χ4v) is 8.07. The van der Waals surface area contributed by atoms with Crippen LogP contribution < -0.4 is 0 Å². The first-order chi connectivity index (χ1) is 25.8. The predicted octanol–water partition coefficient (Wildman–Crippen LogP) is 11.7. The number of aromatic nitrogens is 5. The lowest BCUT2D eigenvalue weighted by Crippen LogP contribution is -2.06. The van der Waals surface area contributed by atoms with Crippen molar-refractivity contribution < 1.29 is 0 Å². The van der Waals surface area contributed by atoms with Crippen LogP contribution in [0.25, 0.3) is 99.6 Å². The maximum Gasteiger partial charge on any atom is 0.238 e. The van der Waals surface area contributed by atoms with Crippen molar-refractivity contribution in [2.45, 2.75) is 0 Å². The molecule has 3 aromatic heterocycles. The molecule has 0 radical (unpaired) electrons. The number of nitrogens with zero attached hydrogens (tertiary/aromatic N) is 5. The van der Waals surface area contributed by atoms with Crippen LogP contribution in [0.4, 0.5) is 0 Å². The number of hydrogen-bond donors (Lipinski definition) is 0. The van der Waals surface area contributed by atoms with Crippen molar-refractivity contribution in [3.8, 4) is 34.4 Å². The molecule has 0 saturated heterocycles. The van der Waals surface area contributed by atoms with Gasteiger partial charge in [0.25, 0.3) is 0 Å². The van der Waals surface area contributed by atoms with E-state index in [0.717, 1.165) is 54.9 Å². The van der Waals surface area contributed by atoms with E-state index in [1.807, 2.05) is 36.4 Å². The zero-order chi connectivity index (χ0) is 34.2. The van der Waals surface area contributed by atoms with E-state index in [4.69, 9.17) is 15.0 Å². The quantitative estimate of drug-likeness (QED) is 0.188. The molecule has 11 rings (SSSR count). The summed E-state index contributed by atoms with van der Waals surface area (Å²) < 4.78 is 4.73. The second-order valence-corrected chi connectivity index (χ2v) is 13.2. The van der Waals surface area contributed by atoms with Gasteiger partial charge in [0, 0.05) is 49.1 Å². The minimum atomic E-state index is 0.580. The molecule has 0 bridgehead atoms. The molecule has 0 spiro atoms. The molecule has 242 valence electrons. The molecule has 0 atom stereocenters. The first-order valence-electron chi connectivity index (χ1n) is 17.6. The summed E-state index contributed by atoms with van der Waals surface area (Å²) in [5.74, 6) is 1.84. The summed E-state index contributed by atoms with van der Waals surface area (Å²) in [4.78, 5) is 15.5. The lowest BCUT2D eigenvalue weighted by Gasteiger charge is -2.12. The van der Waals surface area contributed by atoms with Crippen molar-refractivity contribution in [1.82, 2.24) is 24.1 Å². The zero-order valence-electron chi connectivity index (χ0n) is 28.0. The molecule has 0 aliphatic heterocycles. The number of para-hydroxylation sites is 1. The van der Waals surface area contributed by atoms with Gasteiger partial charge in [-0.05, 0) is 29.0 Å². The molecule has 0 unspecified atom stereocenters. The summed E-state index contributed by atoms with van der Waals surface area (Å²) in [5, 5.41) is 9.46. The normalized spacial score (nSPS) is 11.8. The summed E-state index contributed by atoms with van der Waals surface area (Å²) in [6.07, 6.45) is 0. The van der Waals surface area contributed by atoms with Crippen LogP contribution in [0.3, 0.4) is 0 Å². The summed E-state index contributed by atoms with van der Waals surface area (Å²) in [6, 6.07) is 62.0. The van der Waals surface area contributed by atoms with Crippen molar-refractivity contribution in [3.63, 3.8) is 0 Å². The smallest absolute Gasteiger partial charge is 0.238 e. The molecule has 3 heterocycles. The van der Waals surface area contributed by atoms with E-state index in [1.165, 1.54) is 27.1 Å². The van der Waals surface area contributed by atoms with Gasteiger partial charge in [0.05, 0.1) is 22.1 Å². The van der Waals surface area contributed by atoms with Gasteiger partial charge in [-0.1, -0.05) is 158 Å². The molecule has 0 fully saturated rings. The zero-order valence-corrected chi connectivity index (χ0v) is 28.0. The van der Waals surface area contributed by atoms with Gasteiger partial charge in [-0.25, -0.2) is 4.98 Å². The van der Waals surface area contributed by atoms with Crippen molar-refractivity contribution in [3.05, 3.63) is 176 Å². The number of rotatable bonds is 4. The van der Waals surface area contributed by atoms with Crippen LogP contribution in [-0.4, -0.2) is 24.1 Å². The Morgan fingerprint density at radius 3 is 1.42 bits per heavy atom. The Kier molecular flexibility index (Phi) is 6.18. The Morgan fingerprint density at radius 2 is 0.808 bits per heavy atom. The largest absolute Gasteiger partial charge is 0.308 e. The SMILES string of the molecule is c1ccc(-c2nc(-c3ccccc3)nc(-n3c4ccc5c6ccc7ccccc7c6n(-c6ccccc6)c5c4c4ccc5ccccc5c43)n2)cc1. The molecular formula is C47H29N5. The van der Waals surface area contributed by atoms with E-state index >= 15 is 0 Å². The topological polar surface area (TPSA) is 48.5 Å². The molecule has 52 heavy (non-hydrogen) atoms. The molecule has 5 nitrogen and oxygen atoms in total. The Labute approximate surface area is 298 Å². The summed E-state index contributed by atoms with van der Waals surface area (Å²) in [6.45, 7) is 0. The van der Waals surface area contributed by atoms with Crippen LogP contribution in [-0.2, 0) is 0 Å². The van der Waals surface area contributed by atoms with E-state index in [-0.39, 0.29) is 0 Å². The minimum Gasteiger partial charge on any atom is -0.308 e. The van der Waals surface area contributed by atoms with Gasteiger partial charge in [0.2, 0.25) is 5.95 Å². The lowest BCUT2D eigenvalue weighted by atomic mass is 10.0. The van der Waals surface area contributed by atoms with Crippen molar-refractivity contribution in [1.29, 1.82) is 0 Å². The number of hydrogen-bond acceptors (Lipinski definition) is 3. The molecule has 0 aliphatic rings. The third-order valence-corrected chi connectivity index (χ3v) is 10.3. The van der Waals surface area contributed by atoms with E-state index < -0.39 is 0 Å². The number of benzene rings is 8. The summed E-state index contributed by atoms with van der Waals surface area (Å²) in [7, 11) is 0. The van der Waals surface area contributed by atoms with E-state index in [1.54, 1.807) is 0 Å². The monoisotopic (exact) mass is 663 g/mol. The van der Waals surface area contributed by atoms with Gasteiger partial charge >= 0.3 is 0 Å². The van der Waals surface area contributed by atoms with Crippen molar-refractivity contribution in [2.75, 3.05) is 0 Å². The highest BCUT2D eigenvalue weighted by Crippen LogP contribution is 2.45. The van der Waals surface area contributed by atoms with Crippen LogP contribution in [0, 0.1) is 0 Å². The Bertz CT molecular complexity index is 3100. The molecule has 5 heteroatoms. The van der Waals surface area contributed by atoms with Crippen LogP contribution in [0.2, 0.25) is 0 Å². The van der Waals surface area contributed by atoms with Gasteiger partial charge in [-0.2, -0.15) is 9.97 Å². The Morgan fingerprint density at radius 1 is 0.327 bits per heavy atom. The van der Waals surface area contributed by atoms with Gasteiger partial charge in [-0.3, -0.25) is 4.57 Å². The van der Waals surface area contributed by atoms with Gasteiger partial charge in [0.15, 0.2) is 11.6 Å². The first kappa shape index (κ1) is 28.7. The molecule has 0 saturated carbocycles. The first-order valence-corrected chi connectivity index (χ1v) is 17.6. The second kappa shape index (κ2) is 11.2. The van der Waals surface area contributed by atoms with Crippen molar-refractivity contribution >= 4 is 65.2 Å². The second-order valence-electron chi connectivity index (χ2n) is 13.2. The van der Waals surface area contributed by atoms with Crippen molar-refractivity contribution in [2.24, 2.45) is 0 Å². The van der Waals surface area contributed by atoms with Crippen LogP contribution >= 0.6 is 0 Å². The average molecular weight is 664 g/mol. The highest BCUT2D eigenvalue weighted by molar-refractivity contribution is 6.30. The maximum absolute atomic E-state index is 5.26. The molecule has 8 aromatic carbocycles. The van der Waals surface area contributed by atoms with Gasteiger partial charge in [0.1, 0.15) is 0 Å². The fourth-order valence-electron chi connectivity index (χ4n) is 8.07. The highest BCUT2D eigenvalue weighted by atomic mass is 15.2. The highest BCUT2D eigenvalue weighted by Gasteiger charge is 2.24. The summed E-state index contributed by atoms with van der Waals surface area (Å²) in [5.41, 5.74) is 7.46. The lowest BCUT2D eigenvalue weighted by molar-refractivity contribution is 0.955. The molecule has 0 amide bonds. The van der Waals surface area contributed by atoms with E-state index in [0.29, 0.717) is 17.6 Å². The third kappa shape index (κ3) is 4.20. The van der Waals surface area contributed by atoms with Crippen LogP contribution in [0.1, 0.15) is 0 Å². The third-order valence-electron chi connectivity index (χ3n) is 10.3. The Balaban J connectivity index is 1.36. The molecule has 11 aromatic rings. The van der Waals surface area contributed by atoms with Gasteiger partial charge in [-0.15, -0.1) is 0 Å². The summed E-state index contributed by atoms with van der Waals surface area (Å²) >= 11 is 0. The fraction of sp³-hybridized carbons (Fsp3) is 0. The van der Waals surface area contributed by atoms with Crippen LogP contribution in [0.15, 0.2) is 176 Å². The standard InChI is InChI=1S/C47H29N5/c1-4-16-32(17-5-1)45-48-46(33-18-6-2-7-19-33)50-47(49-45)52-40-29-28-38-37-26-24-30-14-10-12-22-35(30)42(37)51(34-20-8-3-9-21-34)44(38)41(40)39-27-25-31-15-11-13-23-36(31)43(39)52/h1-29H. The predicted molar refractivity (Wildman–Crippen MR) is 214 cm³/mol.